The minimum atomic E-state index is -4.51. The summed E-state index contributed by atoms with van der Waals surface area (Å²) in [4.78, 5) is 25.2. The largest absolute Gasteiger partial charge is 0.491 e. The highest BCUT2D eigenvalue weighted by atomic mass is 19.4. The van der Waals surface area contributed by atoms with Gasteiger partial charge in [-0.3, -0.25) is 9.59 Å². The molecule has 0 unspecified atom stereocenters. The summed E-state index contributed by atoms with van der Waals surface area (Å²) in [5.41, 5.74) is 1.66. The summed E-state index contributed by atoms with van der Waals surface area (Å²) >= 11 is 0. The van der Waals surface area contributed by atoms with Gasteiger partial charge >= 0.3 is 6.18 Å². The Labute approximate surface area is 230 Å². The van der Waals surface area contributed by atoms with E-state index >= 15 is 0 Å². The van der Waals surface area contributed by atoms with Gasteiger partial charge in [0.05, 0.1) is 24.4 Å². The number of hydrogen-bond donors (Lipinski definition) is 3. The molecule has 0 saturated carbocycles. The van der Waals surface area contributed by atoms with Crippen LogP contribution in [0.5, 0.6) is 5.75 Å². The van der Waals surface area contributed by atoms with Crippen LogP contribution in [0.1, 0.15) is 27.9 Å². The second kappa shape index (κ2) is 13.3. The number of aryl methyl sites for hydroxylation is 1. The first kappa shape index (κ1) is 28.2. The van der Waals surface area contributed by atoms with Gasteiger partial charge in [0.25, 0.3) is 5.91 Å². The van der Waals surface area contributed by atoms with Gasteiger partial charge in [0.2, 0.25) is 5.91 Å². The van der Waals surface area contributed by atoms with Crippen LogP contribution in [0.2, 0.25) is 0 Å². The summed E-state index contributed by atoms with van der Waals surface area (Å²) in [6.45, 7) is 0.413. The first-order valence-corrected chi connectivity index (χ1v) is 12.7. The van der Waals surface area contributed by atoms with E-state index in [0.29, 0.717) is 23.7 Å². The maximum absolute atomic E-state index is 13.0. The van der Waals surface area contributed by atoms with E-state index in [4.69, 9.17) is 4.74 Å². The van der Waals surface area contributed by atoms with Gasteiger partial charge < -0.3 is 20.7 Å². The standard InChI is InChI=1S/C31H28F3N3O3/c32-31(33,34)24-13-7-15-26(20-24)36-30(39)23-12-6-14-25(19-23)35-21-29(38)37-27-16-4-5-17-28(27)40-18-8-11-22-9-2-1-3-10-22/h1-7,9-10,12-17,19-20,35H,8,11,18,21H2,(H,36,39)(H,37,38). The van der Waals surface area contributed by atoms with Crippen LogP contribution in [0.25, 0.3) is 0 Å². The lowest BCUT2D eigenvalue weighted by Crippen LogP contribution is -2.22. The van der Waals surface area contributed by atoms with Crippen molar-refractivity contribution in [3.63, 3.8) is 0 Å². The Hall–Kier alpha value is -4.79. The summed E-state index contributed by atoms with van der Waals surface area (Å²) in [5.74, 6) is -0.331. The third-order valence-corrected chi connectivity index (χ3v) is 5.90. The summed E-state index contributed by atoms with van der Waals surface area (Å²) < 4.78 is 44.8. The van der Waals surface area contributed by atoms with Gasteiger partial charge in [0.15, 0.2) is 0 Å². The molecule has 0 aliphatic rings. The van der Waals surface area contributed by atoms with Gasteiger partial charge in [-0.25, -0.2) is 0 Å². The van der Waals surface area contributed by atoms with E-state index < -0.39 is 17.6 Å². The van der Waals surface area contributed by atoms with Crippen LogP contribution in [0, 0.1) is 0 Å². The van der Waals surface area contributed by atoms with Crippen molar-refractivity contribution in [2.45, 2.75) is 19.0 Å². The molecule has 0 aliphatic carbocycles. The van der Waals surface area contributed by atoms with E-state index in [1.165, 1.54) is 29.8 Å². The molecule has 2 amide bonds. The Bertz CT molecular complexity index is 1440. The number of carbonyl (C=O) groups excluding carboxylic acids is 2. The zero-order chi connectivity index (χ0) is 28.4. The number of nitrogens with one attached hydrogen (secondary N) is 3. The number of para-hydroxylation sites is 2. The van der Waals surface area contributed by atoms with E-state index in [2.05, 4.69) is 28.1 Å². The molecule has 0 radical (unpaired) electrons. The van der Waals surface area contributed by atoms with Crippen LogP contribution in [0.15, 0.2) is 103 Å². The zero-order valence-electron chi connectivity index (χ0n) is 21.5. The minimum absolute atomic E-state index is 0.0264. The van der Waals surface area contributed by atoms with E-state index in [-0.39, 0.29) is 23.7 Å². The summed E-state index contributed by atoms with van der Waals surface area (Å²) in [7, 11) is 0. The molecule has 0 atom stereocenters. The Morgan fingerprint density at radius 3 is 2.27 bits per heavy atom. The van der Waals surface area contributed by atoms with E-state index in [1.54, 1.807) is 30.3 Å². The maximum atomic E-state index is 13.0. The monoisotopic (exact) mass is 547 g/mol. The van der Waals surface area contributed by atoms with Crippen molar-refractivity contribution in [3.8, 4) is 5.75 Å². The van der Waals surface area contributed by atoms with Crippen molar-refractivity contribution >= 4 is 28.9 Å². The highest BCUT2D eigenvalue weighted by Gasteiger charge is 2.30. The van der Waals surface area contributed by atoms with Crippen molar-refractivity contribution in [3.05, 3.63) is 120 Å². The Morgan fingerprint density at radius 2 is 1.48 bits per heavy atom. The predicted octanol–water partition coefficient (Wildman–Crippen LogP) is 7.02. The first-order chi connectivity index (χ1) is 19.3. The van der Waals surface area contributed by atoms with Gasteiger partial charge in [-0.2, -0.15) is 13.2 Å². The topological polar surface area (TPSA) is 79.5 Å². The smallest absolute Gasteiger partial charge is 0.416 e. The molecule has 9 heteroatoms. The highest BCUT2D eigenvalue weighted by molar-refractivity contribution is 6.05. The fraction of sp³-hybridized carbons (Fsp3) is 0.161. The van der Waals surface area contributed by atoms with Crippen LogP contribution in [0.4, 0.5) is 30.2 Å². The molecule has 0 fully saturated rings. The van der Waals surface area contributed by atoms with Gasteiger partial charge in [0.1, 0.15) is 5.75 Å². The summed E-state index contributed by atoms with van der Waals surface area (Å²) in [6, 6.07) is 28.0. The molecular formula is C31H28F3N3O3. The van der Waals surface area contributed by atoms with Crippen LogP contribution >= 0.6 is 0 Å². The molecule has 4 aromatic rings. The van der Waals surface area contributed by atoms with E-state index in [1.807, 2.05) is 24.3 Å². The number of benzene rings is 4. The predicted molar refractivity (Wildman–Crippen MR) is 150 cm³/mol. The number of alkyl halides is 3. The fourth-order valence-electron chi connectivity index (χ4n) is 3.92. The van der Waals surface area contributed by atoms with E-state index in [0.717, 1.165) is 25.0 Å². The average molecular weight is 548 g/mol. The number of halogens is 3. The van der Waals surface area contributed by atoms with Crippen LogP contribution in [-0.4, -0.2) is 25.0 Å². The Kier molecular flexibility index (Phi) is 9.40. The third kappa shape index (κ3) is 8.36. The lowest BCUT2D eigenvalue weighted by Gasteiger charge is -2.13. The fourth-order valence-corrected chi connectivity index (χ4v) is 3.92. The van der Waals surface area contributed by atoms with Crippen LogP contribution in [0.3, 0.4) is 0 Å². The summed E-state index contributed by atoms with van der Waals surface area (Å²) in [6.07, 6.45) is -2.80. The molecule has 4 rings (SSSR count). The number of carbonyl (C=O) groups is 2. The lowest BCUT2D eigenvalue weighted by atomic mass is 10.1. The molecule has 0 aliphatic heterocycles. The normalized spacial score (nSPS) is 11.0. The molecule has 3 N–H and O–H groups in total. The van der Waals surface area contributed by atoms with Crippen LogP contribution in [-0.2, 0) is 17.4 Å². The molecule has 0 heterocycles. The molecule has 0 aromatic heterocycles. The second-order valence-electron chi connectivity index (χ2n) is 8.95. The Morgan fingerprint density at radius 1 is 0.750 bits per heavy atom. The number of rotatable bonds is 11. The molecule has 0 spiro atoms. The quantitative estimate of drug-likeness (QED) is 0.176. The van der Waals surface area contributed by atoms with Gasteiger partial charge in [0, 0.05) is 16.9 Å². The second-order valence-corrected chi connectivity index (χ2v) is 8.95. The lowest BCUT2D eigenvalue weighted by molar-refractivity contribution is -0.137. The van der Waals surface area contributed by atoms with Crippen molar-refractivity contribution in [1.29, 1.82) is 0 Å². The van der Waals surface area contributed by atoms with Crippen molar-refractivity contribution < 1.29 is 27.5 Å². The van der Waals surface area contributed by atoms with E-state index in [9.17, 15) is 22.8 Å². The average Bonchev–Trinajstić information content (AvgIpc) is 2.95. The number of anilines is 3. The molecule has 4 aromatic carbocycles. The number of ether oxygens (including phenoxy) is 1. The molecular weight excluding hydrogens is 519 g/mol. The highest BCUT2D eigenvalue weighted by Crippen LogP contribution is 2.31. The minimum Gasteiger partial charge on any atom is -0.491 e. The van der Waals surface area contributed by atoms with Gasteiger partial charge in [-0.1, -0.05) is 54.6 Å². The molecule has 206 valence electrons. The maximum Gasteiger partial charge on any atom is 0.416 e. The third-order valence-electron chi connectivity index (χ3n) is 5.90. The van der Waals surface area contributed by atoms with Gasteiger partial charge in [-0.05, 0) is 66.9 Å². The zero-order valence-corrected chi connectivity index (χ0v) is 21.5. The molecule has 40 heavy (non-hydrogen) atoms. The number of amides is 2. The number of hydrogen-bond acceptors (Lipinski definition) is 4. The van der Waals surface area contributed by atoms with Crippen LogP contribution < -0.4 is 20.7 Å². The van der Waals surface area contributed by atoms with Crippen molar-refractivity contribution in [2.75, 3.05) is 29.1 Å². The van der Waals surface area contributed by atoms with Crippen molar-refractivity contribution in [1.82, 2.24) is 0 Å². The van der Waals surface area contributed by atoms with Gasteiger partial charge in [-0.15, -0.1) is 0 Å². The Balaban J connectivity index is 1.28. The summed E-state index contributed by atoms with van der Waals surface area (Å²) in [5, 5.41) is 8.26. The van der Waals surface area contributed by atoms with Crippen molar-refractivity contribution in [2.24, 2.45) is 0 Å². The SMILES string of the molecule is O=C(CNc1cccc(C(=O)Nc2cccc(C(F)(F)F)c2)c1)Nc1ccccc1OCCCc1ccccc1. The molecule has 6 nitrogen and oxygen atoms in total. The molecule has 0 saturated heterocycles. The first-order valence-electron chi connectivity index (χ1n) is 12.7. The molecule has 0 bridgehead atoms.